The van der Waals surface area contributed by atoms with Crippen molar-refractivity contribution in [3.8, 4) is 6.07 Å². The number of nitriles is 1. The van der Waals surface area contributed by atoms with E-state index in [1.807, 2.05) is 6.07 Å². The first-order valence-electron chi connectivity index (χ1n) is 5.47. The molecule has 0 spiro atoms. The lowest BCUT2D eigenvalue weighted by molar-refractivity contribution is 0.0472. The van der Waals surface area contributed by atoms with Crippen molar-refractivity contribution in [1.29, 1.82) is 5.26 Å². The molecular weight excluding hydrogens is 264 g/mol. The molecule has 1 aromatic carbocycles. The summed E-state index contributed by atoms with van der Waals surface area (Å²) in [6, 6.07) is 11.9. The molecule has 0 amide bonds. The van der Waals surface area contributed by atoms with Crippen molar-refractivity contribution in [3.63, 3.8) is 0 Å². The van der Waals surface area contributed by atoms with Gasteiger partial charge in [-0.25, -0.2) is 9.78 Å². The number of halogens is 1. The Balaban J connectivity index is 1.96. The van der Waals surface area contributed by atoms with Gasteiger partial charge in [0.25, 0.3) is 0 Å². The van der Waals surface area contributed by atoms with Crippen LogP contribution < -0.4 is 0 Å². The van der Waals surface area contributed by atoms with Crippen LogP contribution in [0, 0.1) is 11.3 Å². The molecule has 1 heterocycles. The normalized spacial score (nSPS) is 9.68. The molecule has 0 saturated heterocycles. The second kappa shape index (κ2) is 5.98. The summed E-state index contributed by atoms with van der Waals surface area (Å²) in [7, 11) is 0. The van der Waals surface area contributed by atoms with Crippen molar-refractivity contribution < 1.29 is 9.53 Å². The van der Waals surface area contributed by atoms with Crippen molar-refractivity contribution in [1.82, 2.24) is 4.98 Å². The number of ether oxygens (including phenoxy) is 1. The predicted molar refractivity (Wildman–Crippen MR) is 69.5 cm³/mol. The van der Waals surface area contributed by atoms with Crippen molar-refractivity contribution in [3.05, 3.63) is 64.4 Å². The van der Waals surface area contributed by atoms with E-state index in [0.717, 1.165) is 5.56 Å². The lowest BCUT2D eigenvalue weighted by atomic mass is 10.1. The van der Waals surface area contributed by atoms with Gasteiger partial charge < -0.3 is 4.74 Å². The number of benzene rings is 1. The first-order valence-corrected chi connectivity index (χ1v) is 5.84. The first-order chi connectivity index (χ1) is 9.19. The number of aromatic nitrogens is 1. The summed E-state index contributed by atoms with van der Waals surface area (Å²) in [5, 5.41) is 8.99. The maximum Gasteiger partial charge on any atom is 0.340 e. The lowest BCUT2D eigenvalue weighted by Crippen LogP contribution is -2.05. The zero-order valence-corrected chi connectivity index (χ0v) is 10.6. The molecule has 0 aliphatic carbocycles. The molecule has 1 aromatic heterocycles. The minimum Gasteiger partial charge on any atom is -0.457 e. The zero-order chi connectivity index (χ0) is 13.7. The van der Waals surface area contributed by atoms with E-state index in [9.17, 15) is 4.79 Å². The van der Waals surface area contributed by atoms with E-state index >= 15 is 0 Å². The number of nitrogens with zero attached hydrogens (tertiary/aromatic N) is 2. The van der Waals surface area contributed by atoms with Gasteiger partial charge in [-0.3, -0.25) is 0 Å². The fourth-order valence-electron chi connectivity index (χ4n) is 1.40. The van der Waals surface area contributed by atoms with Crippen LogP contribution in [0.3, 0.4) is 0 Å². The summed E-state index contributed by atoms with van der Waals surface area (Å²) >= 11 is 5.63. The van der Waals surface area contributed by atoms with Crippen LogP contribution in [0.15, 0.2) is 42.6 Å². The molecule has 4 nitrogen and oxygen atoms in total. The van der Waals surface area contributed by atoms with E-state index in [1.54, 1.807) is 30.3 Å². The molecule has 0 bridgehead atoms. The number of hydrogen-bond acceptors (Lipinski definition) is 4. The molecule has 0 saturated carbocycles. The first kappa shape index (κ1) is 13.1. The summed E-state index contributed by atoms with van der Waals surface area (Å²) in [5.74, 6) is -0.464. The van der Waals surface area contributed by atoms with Crippen molar-refractivity contribution in [2.24, 2.45) is 0 Å². The van der Waals surface area contributed by atoms with Crippen LogP contribution in [-0.2, 0) is 11.3 Å². The summed E-state index contributed by atoms with van der Waals surface area (Å²) < 4.78 is 5.12. The molecule has 0 N–H and O–H groups in total. The second-order valence-corrected chi connectivity index (χ2v) is 4.14. The molecule has 0 aliphatic rings. The zero-order valence-electron chi connectivity index (χ0n) is 9.84. The maximum atomic E-state index is 11.7. The predicted octanol–water partition coefficient (Wildman–Crippen LogP) is 2.96. The van der Waals surface area contributed by atoms with Gasteiger partial charge in [-0.05, 0) is 29.8 Å². The van der Waals surface area contributed by atoms with E-state index in [4.69, 9.17) is 21.6 Å². The molecule has 0 fully saturated rings. The van der Waals surface area contributed by atoms with Crippen LogP contribution in [-0.4, -0.2) is 11.0 Å². The molecular formula is C14H9ClN2O2. The summed E-state index contributed by atoms with van der Waals surface area (Å²) in [4.78, 5) is 15.5. The van der Waals surface area contributed by atoms with E-state index in [2.05, 4.69) is 4.98 Å². The van der Waals surface area contributed by atoms with Crippen LogP contribution in [0.5, 0.6) is 0 Å². The number of esters is 1. The summed E-state index contributed by atoms with van der Waals surface area (Å²) in [6.07, 6.45) is 1.36. The Bertz CT molecular complexity index is 615. The van der Waals surface area contributed by atoms with E-state index in [-0.39, 0.29) is 6.61 Å². The Morgan fingerprint density at radius 3 is 2.58 bits per heavy atom. The van der Waals surface area contributed by atoms with E-state index in [0.29, 0.717) is 16.3 Å². The average Bonchev–Trinajstić information content (AvgIpc) is 2.46. The maximum absolute atomic E-state index is 11.7. The topological polar surface area (TPSA) is 63.0 Å². The Morgan fingerprint density at radius 2 is 2.00 bits per heavy atom. The van der Waals surface area contributed by atoms with Crippen LogP contribution >= 0.6 is 11.6 Å². The number of pyridine rings is 1. The Labute approximate surface area is 115 Å². The second-order valence-electron chi connectivity index (χ2n) is 3.75. The third-order valence-corrected chi connectivity index (χ3v) is 2.64. The van der Waals surface area contributed by atoms with Gasteiger partial charge in [-0.15, -0.1) is 0 Å². The molecule has 0 atom stereocenters. The summed E-state index contributed by atoms with van der Waals surface area (Å²) in [5.41, 5.74) is 1.73. The van der Waals surface area contributed by atoms with Crippen LogP contribution in [0.1, 0.15) is 21.5 Å². The number of carbonyl (C=O) groups excluding carboxylic acids is 1. The molecule has 2 aromatic rings. The highest BCUT2D eigenvalue weighted by Gasteiger charge is 2.07. The molecule has 5 heteroatoms. The smallest absolute Gasteiger partial charge is 0.340 e. The van der Waals surface area contributed by atoms with Crippen LogP contribution in [0.2, 0.25) is 5.15 Å². The van der Waals surface area contributed by atoms with Gasteiger partial charge in [0.1, 0.15) is 11.8 Å². The van der Waals surface area contributed by atoms with Crippen LogP contribution in [0.25, 0.3) is 0 Å². The standard InChI is InChI=1S/C14H9ClN2O2/c15-13-6-5-12(8-17-13)14(18)19-9-11-3-1-10(7-16)2-4-11/h1-6,8H,9H2. The van der Waals surface area contributed by atoms with Crippen LogP contribution in [0.4, 0.5) is 0 Å². The van der Waals surface area contributed by atoms with Crippen molar-refractivity contribution >= 4 is 17.6 Å². The summed E-state index contributed by atoms with van der Waals surface area (Å²) in [6.45, 7) is 0.146. The fraction of sp³-hybridized carbons (Fsp3) is 0.0714. The van der Waals surface area contributed by atoms with Gasteiger partial charge in [-0.1, -0.05) is 23.7 Å². The Kier molecular flexibility index (Phi) is 4.11. The third kappa shape index (κ3) is 3.54. The monoisotopic (exact) mass is 272 g/mol. The molecule has 0 aliphatic heterocycles. The Hall–Kier alpha value is -2.38. The van der Waals surface area contributed by atoms with Crippen molar-refractivity contribution in [2.75, 3.05) is 0 Å². The van der Waals surface area contributed by atoms with Gasteiger partial charge in [-0.2, -0.15) is 5.26 Å². The molecule has 19 heavy (non-hydrogen) atoms. The largest absolute Gasteiger partial charge is 0.457 e. The highest BCUT2D eigenvalue weighted by atomic mass is 35.5. The van der Waals surface area contributed by atoms with Gasteiger partial charge >= 0.3 is 5.97 Å². The minimum atomic E-state index is -0.464. The van der Waals surface area contributed by atoms with E-state index < -0.39 is 5.97 Å². The average molecular weight is 273 g/mol. The Morgan fingerprint density at radius 1 is 1.26 bits per heavy atom. The van der Waals surface area contributed by atoms with Crippen molar-refractivity contribution in [2.45, 2.75) is 6.61 Å². The lowest BCUT2D eigenvalue weighted by Gasteiger charge is -2.04. The molecule has 0 unspecified atom stereocenters. The SMILES string of the molecule is N#Cc1ccc(COC(=O)c2ccc(Cl)nc2)cc1. The van der Waals surface area contributed by atoms with E-state index in [1.165, 1.54) is 12.3 Å². The molecule has 0 radical (unpaired) electrons. The minimum absolute atomic E-state index is 0.146. The van der Waals surface area contributed by atoms with Gasteiger partial charge in [0.05, 0.1) is 17.2 Å². The highest BCUT2D eigenvalue weighted by molar-refractivity contribution is 6.29. The third-order valence-electron chi connectivity index (χ3n) is 2.42. The quantitative estimate of drug-likeness (QED) is 0.636. The van der Waals surface area contributed by atoms with Gasteiger partial charge in [0, 0.05) is 6.20 Å². The number of rotatable bonds is 3. The molecule has 2 rings (SSSR count). The number of hydrogen-bond donors (Lipinski definition) is 0. The van der Waals surface area contributed by atoms with Gasteiger partial charge in [0.15, 0.2) is 0 Å². The fourth-order valence-corrected chi connectivity index (χ4v) is 1.52. The number of carbonyl (C=O) groups is 1. The van der Waals surface area contributed by atoms with Gasteiger partial charge in [0.2, 0.25) is 0 Å². The molecule has 94 valence electrons. The highest BCUT2D eigenvalue weighted by Crippen LogP contribution is 2.09.